The molecule has 1 saturated heterocycles. The van der Waals surface area contributed by atoms with Gasteiger partial charge < -0.3 is 20.5 Å². The van der Waals surface area contributed by atoms with Crippen LogP contribution in [0.1, 0.15) is 24.0 Å². The van der Waals surface area contributed by atoms with E-state index in [0.717, 1.165) is 29.7 Å². The van der Waals surface area contributed by atoms with Crippen LogP contribution in [0, 0.1) is 6.92 Å². The molecule has 1 aromatic carbocycles. The third kappa shape index (κ3) is 3.49. The average Bonchev–Trinajstić information content (AvgIpc) is 2.94. The van der Waals surface area contributed by atoms with E-state index >= 15 is 0 Å². The lowest BCUT2D eigenvalue weighted by Gasteiger charge is -2.14. The molecule has 0 unspecified atom stereocenters. The van der Waals surface area contributed by atoms with Crippen molar-refractivity contribution in [3.8, 4) is 5.75 Å². The standard InChI is InChI=1S/C15H22N2O3/c1-10-3-4-11(14(7-10)19-2)9-17-15(18)13-6-5-12(8-16)20-13/h3-4,7,12-13H,5-6,8-9,16H2,1-2H3,(H,17,18)/t12-,13+/m1/s1. The number of aryl methyl sites for hydroxylation is 1. The summed E-state index contributed by atoms with van der Waals surface area (Å²) < 4.78 is 10.9. The molecule has 5 heteroatoms. The Balaban J connectivity index is 1.90. The molecular formula is C15H22N2O3. The van der Waals surface area contributed by atoms with Crippen LogP contribution in [0.5, 0.6) is 5.75 Å². The molecule has 2 rings (SSSR count). The lowest BCUT2D eigenvalue weighted by Crippen LogP contribution is -2.35. The number of carbonyl (C=O) groups is 1. The maximum atomic E-state index is 12.0. The number of carbonyl (C=O) groups excluding carboxylic acids is 1. The Morgan fingerprint density at radius 3 is 2.95 bits per heavy atom. The topological polar surface area (TPSA) is 73.6 Å². The smallest absolute Gasteiger partial charge is 0.249 e. The Morgan fingerprint density at radius 1 is 1.50 bits per heavy atom. The molecule has 2 atom stereocenters. The van der Waals surface area contributed by atoms with Crippen molar-refractivity contribution in [1.29, 1.82) is 0 Å². The average molecular weight is 278 g/mol. The Morgan fingerprint density at radius 2 is 2.30 bits per heavy atom. The van der Waals surface area contributed by atoms with Crippen LogP contribution in [0.2, 0.25) is 0 Å². The van der Waals surface area contributed by atoms with Gasteiger partial charge >= 0.3 is 0 Å². The minimum atomic E-state index is -0.375. The minimum Gasteiger partial charge on any atom is -0.496 e. The van der Waals surface area contributed by atoms with Crippen molar-refractivity contribution in [2.45, 2.75) is 38.5 Å². The van der Waals surface area contributed by atoms with Gasteiger partial charge in [0.2, 0.25) is 5.91 Å². The molecule has 20 heavy (non-hydrogen) atoms. The van der Waals surface area contributed by atoms with E-state index in [0.29, 0.717) is 13.1 Å². The van der Waals surface area contributed by atoms with E-state index < -0.39 is 0 Å². The fraction of sp³-hybridized carbons (Fsp3) is 0.533. The summed E-state index contributed by atoms with van der Waals surface area (Å²) in [5, 5.41) is 2.89. The largest absolute Gasteiger partial charge is 0.496 e. The zero-order valence-corrected chi connectivity index (χ0v) is 12.0. The number of nitrogens with two attached hydrogens (primary N) is 1. The van der Waals surface area contributed by atoms with Crippen LogP contribution in [-0.4, -0.2) is 31.8 Å². The summed E-state index contributed by atoms with van der Waals surface area (Å²) in [4.78, 5) is 12.0. The first-order valence-electron chi connectivity index (χ1n) is 6.90. The molecule has 1 aliphatic rings. The van der Waals surface area contributed by atoms with Gasteiger partial charge in [0.15, 0.2) is 0 Å². The SMILES string of the molecule is COc1cc(C)ccc1CNC(=O)[C@@H]1CC[C@H](CN)O1. The van der Waals surface area contributed by atoms with Crippen LogP contribution in [0.15, 0.2) is 18.2 Å². The quantitative estimate of drug-likeness (QED) is 0.846. The highest BCUT2D eigenvalue weighted by Gasteiger charge is 2.29. The number of amides is 1. The minimum absolute atomic E-state index is 0.0136. The number of methoxy groups -OCH3 is 1. The maximum Gasteiger partial charge on any atom is 0.249 e. The summed E-state index contributed by atoms with van der Waals surface area (Å²) in [6.45, 7) is 2.91. The molecule has 1 aromatic rings. The van der Waals surface area contributed by atoms with Gasteiger partial charge in [-0.2, -0.15) is 0 Å². The first kappa shape index (κ1) is 14.8. The molecule has 0 radical (unpaired) electrons. The second-order valence-corrected chi connectivity index (χ2v) is 5.09. The summed E-state index contributed by atoms with van der Waals surface area (Å²) in [5.74, 6) is 0.709. The molecule has 0 aromatic heterocycles. The zero-order chi connectivity index (χ0) is 14.5. The van der Waals surface area contributed by atoms with Crippen LogP contribution < -0.4 is 15.8 Å². The summed E-state index contributed by atoms with van der Waals surface area (Å²) in [5.41, 5.74) is 7.62. The van der Waals surface area contributed by atoms with E-state index in [1.165, 1.54) is 0 Å². The van der Waals surface area contributed by atoms with Gasteiger partial charge in [0.1, 0.15) is 11.9 Å². The van der Waals surface area contributed by atoms with Crippen molar-refractivity contribution < 1.29 is 14.3 Å². The van der Waals surface area contributed by atoms with Crippen molar-refractivity contribution in [2.24, 2.45) is 5.73 Å². The molecule has 1 fully saturated rings. The second kappa shape index (κ2) is 6.72. The van der Waals surface area contributed by atoms with Crippen LogP contribution in [0.4, 0.5) is 0 Å². The van der Waals surface area contributed by atoms with Crippen molar-refractivity contribution in [3.05, 3.63) is 29.3 Å². The third-order valence-corrected chi connectivity index (χ3v) is 3.56. The predicted molar refractivity (Wildman–Crippen MR) is 76.5 cm³/mol. The Kier molecular flexibility index (Phi) is 4.98. The number of benzene rings is 1. The molecule has 0 aliphatic carbocycles. The van der Waals surface area contributed by atoms with Crippen molar-refractivity contribution in [1.82, 2.24) is 5.32 Å². The summed E-state index contributed by atoms with van der Waals surface area (Å²) >= 11 is 0. The van der Waals surface area contributed by atoms with Gasteiger partial charge in [-0.15, -0.1) is 0 Å². The maximum absolute atomic E-state index is 12.0. The van der Waals surface area contributed by atoms with Crippen LogP contribution in [-0.2, 0) is 16.1 Å². The van der Waals surface area contributed by atoms with E-state index in [1.54, 1.807) is 7.11 Å². The Hall–Kier alpha value is -1.59. The van der Waals surface area contributed by atoms with Crippen molar-refractivity contribution in [3.63, 3.8) is 0 Å². The number of ether oxygens (including phenoxy) is 2. The van der Waals surface area contributed by atoms with Gasteiger partial charge in [-0.05, 0) is 31.4 Å². The number of hydrogen-bond donors (Lipinski definition) is 2. The van der Waals surface area contributed by atoms with Gasteiger partial charge in [-0.3, -0.25) is 4.79 Å². The van der Waals surface area contributed by atoms with Crippen LogP contribution >= 0.6 is 0 Å². The third-order valence-electron chi connectivity index (χ3n) is 3.56. The molecule has 5 nitrogen and oxygen atoms in total. The first-order chi connectivity index (χ1) is 9.63. The normalized spacial score (nSPS) is 21.8. The Labute approximate surface area is 119 Å². The molecular weight excluding hydrogens is 256 g/mol. The monoisotopic (exact) mass is 278 g/mol. The summed E-state index contributed by atoms with van der Waals surface area (Å²) in [6.07, 6.45) is 1.22. The van der Waals surface area contributed by atoms with Gasteiger partial charge in [-0.1, -0.05) is 12.1 Å². The van der Waals surface area contributed by atoms with E-state index in [4.69, 9.17) is 15.2 Å². The van der Waals surface area contributed by atoms with E-state index in [-0.39, 0.29) is 18.1 Å². The predicted octanol–water partition coefficient (Wildman–Crippen LogP) is 1.13. The van der Waals surface area contributed by atoms with Crippen molar-refractivity contribution >= 4 is 5.91 Å². The zero-order valence-electron chi connectivity index (χ0n) is 12.0. The molecule has 1 aliphatic heterocycles. The number of nitrogens with one attached hydrogen (secondary N) is 1. The van der Waals surface area contributed by atoms with Gasteiger partial charge in [-0.25, -0.2) is 0 Å². The molecule has 1 amide bonds. The lowest BCUT2D eigenvalue weighted by atomic mass is 10.1. The summed E-state index contributed by atoms with van der Waals surface area (Å²) in [7, 11) is 1.63. The Bertz CT molecular complexity index is 476. The van der Waals surface area contributed by atoms with Crippen molar-refractivity contribution in [2.75, 3.05) is 13.7 Å². The molecule has 1 heterocycles. The molecule has 110 valence electrons. The molecule has 3 N–H and O–H groups in total. The van der Waals surface area contributed by atoms with E-state index in [1.807, 2.05) is 25.1 Å². The number of hydrogen-bond acceptors (Lipinski definition) is 4. The fourth-order valence-corrected chi connectivity index (χ4v) is 2.37. The second-order valence-electron chi connectivity index (χ2n) is 5.09. The van der Waals surface area contributed by atoms with E-state index in [2.05, 4.69) is 5.32 Å². The highest BCUT2D eigenvalue weighted by Crippen LogP contribution is 2.21. The lowest BCUT2D eigenvalue weighted by molar-refractivity contribution is -0.132. The van der Waals surface area contributed by atoms with Gasteiger partial charge in [0.25, 0.3) is 0 Å². The van der Waals surface area contributed by atoms with E-state index in [9.17, 15) is 4.79 Å². The molecule has 0 saturated carbocycles. The first-order valence-corrected chi connectivity index (χ1v) is 6.90. The van der Waals surface area contributed by atoms with Gasteiger partial charge in [0, 0.05) is 18.7 Å². The summed E-state index contributed by atoms with van der Waals surface area (Å²) in [6, 6.07) is 5.92. The number of rotatable bonds is 5. The molecule has 0 bridgehead atoms. The highest BCUT2D eigenvalue weighted by molar-refractivity contribution is 5.81. The van der Waals surface area contributed by atoms with Gasteiger partial charge in [0.05, 0.1) is 13.2 Å². The van der Waals surface area contributed by atoms with Crippen LogP contribution in [0.25, 0.3) is 0 Å². The molecule has 0 spiro atoms. The fourth-order valence-electron chi connectivity index (χ4n) is 2.37. The van der Waals surface area contributed by atoms with Crippen LogP contribution in [0.3, 0.4) is 0 Å². The highest BCUT2D eigenvalue weighted by atomic mass is 16.5.